The van der Waals surface area contributed by atoms with E-state index in [-0.39, 0.29) is 11.9 Å². The number of nitrogens with two attached hydrogens (primary N) is 2. The third-order valence-electron chi connectivity index (χ3n) is 5.37. The number of hydrogen-bond acceptors (Lipinski definition) is 6. The lowest BCUT2D eigenvalue weighted by Gasteiger charge is -2.33. The van der Waals surface area contributed by atoms with E-state index in [9.17, 15) is 4.79 Å². The van der Waals surface area contributed by atoms with Gasteiger partial charge < -0.3 is 11.5 Å². The largest absolute Gasteiger partial charge is 0.368 e. The standard InChI is InChI=1S/C22H24N6O/c23-21(29)17-5-3-16(4-6-17)19-12-26-22(24)27-20(19)18-2-1-11-28(14-18)13-15-7-9-25-10-8-15/h3-10,12,18H,1-2,11,13-14H2,(H2,23,29)(H2,24,26,27)/t18-/m0/s1. The summed E-state index contributed by atoms with van der Waals surface area (Å²) in [4.78, 5) is 26.7. The molecule has 148 valence electrons. The molecule has 0 aliphatic carbocycles. The zero-order valence-corrected chi connectivity index (χ0v) is 16.2. The summed E-state index contributed by atoms with van der Waals surface area (Å²) in [6.45, 7) is 2.86. The van der Waals surface area contributed by atoms with Crippen LogP contribution in [0.15, 0.2) is 55.0 Å². The first-order valence-electron chi connectivity index (χ1n) is 9.74. The van der Waals surface area contributed by atoms with Gasteiger partial charge in [-0.15, -0.1) is 0 Å². The summed E-state index contributed by atoms with van der Waals surface area (Å²) in [7, 11) is 0. The van der Waals surface area contributed by atoms with E-state index in [0.29, 0.717) is 5.56 Å². The Labute approximate surface area is 169 Å². The minimum Gasteiger partial charge on any atom is -0.368 e. The highest BCUT2D eigenvalue weighted by atomic mass is 16.1. The van der Waals surface area contributed by atoms with Crippen LogP contribution in [0.3, 0.4) is 0 Å². The van der Waals surface area contributed by atoms with E-state index >= 15 is 0 Å². The van der Waals surface area contributed by atoms with Crippen LogP contribution in [0.4, 0.5) is 5.95 Å². The van der Waals surface area contributed by atoms with Gasteiger partial charge in [0.15, 0.2) is 0 Å². The van der Waals surface area contributed by atoms with Crippen LogP contribution in [0.5, 0.6) is 0 Å². The number of rotatable bonds is 5. The molecule has 1 saturated heterocycles. The topological polar surface area (TPSA) is 111 Å². The Bertz CT molecular complexity index is 990. The Kier molecular flexibility index (Phi) is 5.48. The van der Waals surface area contributed by atoms with E-state index in [1.165, 1.54) is 5.56 Å². The first-order chi connectivity index (χ1) is 14.1. The smallest absolute Gasteiger partial charge is 0.248 e. The highest BCUT2D eigenvalue weighted by Gasteiger charge is 2.25. The fourth-order valence-corrected chi connectivity index (χ4v) is 3.93. The van der Waals surface area contributed by atoms with E-state index in [1.54, 1.807) is 18.3 Å². The van der Waals surface area contributed by atoms with Crippen LogP contribution in [0, 0.1) is 0 Å². The summed E-state index contributed by atoms with van der Waals surface area (Å²) in [5.74, 6) is 0.106. The molecular formula is C22H24N6O. The molecule has 4 rings (SSSR count). The average molecular weight is 388 g/mol. The molecule has 0 unspecified atom stereocenters. The van der Waals surface area contributed by atoms with Crippen molar-refractivity contribution >= 4 is 11.9 Å². The zero-order chi connectivity index (χ0) is 20.2. The van der Waals surface area contributed by atoms with Crippen LogP contribution in [0.25, 0.3) is 11.1 Å². The lowest BCUT2D eigenvalue weighted by molar-refractivity contribution is 0.100. The number of aromatic nitrogens is 3. The first kappa shape index (κ1) is 19.0. The Hall–Kier alpha value is -3.32. The van der Waals surface area contributed by atoms with Crippen molar-refractivity contribution in [1.82, 2.24) is 19.9 Å². The maximum Gasteiger partial charge on any atom is 0.248 e. The molecule has 1 aromatic carbocycles. The number of pyridine rings is 1. The van der Waals surface area contributed by atoms with Crippen LogP contribution in [-0.2, 0) is 6.54 Å². The molecule has 2 aromatic heterocycles. The Morgan fingerprint density at radius 1 is 1.14 bits per heavy atom. The lowest BCUT2D eigenvalue weighted by Crippen LogP contribution is -2.34. The second kappa shape index (κ2) is 8.36. The number of primary amides is 1. The van der Waals surface area contributed by atoms with Crippen molar-refractivity contribution in [2.24, 2.45) is 5.73 Å². The number of piperidine rings is 1. The predicted octanol–water partition coefficient (Wildman–Crippen LogP) is 2.60. The second-order valence-electron chi connectivity index (χ2n) is 7.40. The molecule has 7 nitrogen and oxygen atoms in total. The highest BCUT2D eigenvalue weighted by Crippen LogP contribution is 2.33. The van der Waals surface area contributed by atoms with E-state index in [1.807, 2.05) is 24.5 Å². The minimum atomic E-state index is -0.440. The van der Waals surface area contributed by atoms with Gasteiger partial charge in [0.1, 0.15) is 0 Å². The number of likely N-dealkylation sites (tertiary alicyclic amines) is 1. The third-order valence-corrected chi connectivity index (χ3v) is 5.37. The summed E-state index contributed by atoms with van der Waals surface area (Å²) in [6.07, 6.45) is 7.58. The average Bonchev–Trinajstić information content (AvgIpc) is 2.75. The molecule has 29 heavy (non-hydrogen) atoms. The number of anilines is 1. The van der Waals surface area contributed by atoms with Gasteiger partial charge in [-0.1, -0.05) is 12.1 Å². The fraction of sp³-hybridized carbons (Fsp3) is 0.273. The number of nitrogens with zero attached hydrogens (tertiary/aromatic N) is 4. The number of amides is 1. The SMILES string of the molecule is NC(=O)c1ccc(-c2cnc(N)nc2[C@H]2CCCN(Cc3ccncc3)C2)cc1. The summed E-state index contributed by atoms with van der Waals surface area (Å²) in [5.41, 5.74) is 15.9. The van der Waals surface area contributed by atoms with E-state index in [0.717, 1.165) is 49.3 Å². The Morgan fingerprint density at radius 3 is 2.62 bits per heavy atom. The van der Waals surface area contributed by atoms with Crippen molar-refractivity contribution in [3.8, 4) is 11.1 Å². The quantitative estimate of drug-likeness (QED) is 0.695. The number of nitrogen functional groups attached to an aromatic ring is 1. The number of benzene rings is 1. The van der Waals surface area contributed by atoms with Crippen LogP contribution < -0.4 is 11.5 Å². The van der Waals surface area contributed by atoms with Crippen LogP contribution in [0.2, 0.25) is 0 Å². The van der Waals surface area contributed by atoms with Gasteiger partial charge in [-0.2, -0.15) is 0 Å². The molecule has 0 radical (unpaired) electrons. The molecule has 1 fully saturated rings. The van der Waals surface area contributed by atoms with Gasteiger partial charge in [0.25, 0.3) is 0 Å². The summed E-state index contributed by atoms with van der Waals surface area (Å²) in [6, 6.07) is 11.3. The maximum absolute atomic E-state index is 11.4. The minimum absolute atomic E-state index is 0.265. The molecule has 0 saturated carbocycles. The van der Waals surface area contributed by atoms with Crippen molar-refractivity contribution < 1.29 is 4.79 Å². The monoisotopic (exact) mass is 388 g/mol. The van der Waals surface area contributed by atoms with Gasteiger partial charge in [-0.05, 0) is 54.8 Å². The molecule has 3 aromatic rings. The molecule has 0 spiro atoms. The first-order valence-corrected chi connectivity index (χ1v) is 9.74. The summed E-state index contributed by atoms with van der Waals surface area (Å²) in [5, 5.41) is 0. The highest BCUT2D eigenvalue weighted by molar-refractivity contribution is 5.93. The molecule has 0 bridgehead atoms. The van der Waals surface area contributed by atoms with Gasteiger partial charge in [-0.3, -0.25) is 14.7 Å². The molecule has 1 aliphatic rings. The zero-order valence-electron chi connectivity index (χ0n) is 16.2. The van der Waals surface area contributed by atoms with Crippen LogP contribution in [-0.4, -0.2) is 38.8 Å². The van der Waals surface area contributed by atoms with Crippen molar-refractivity contribution in [2.45, 2.75) is 25.3 Å². The van der Waals surface area contributed by atoms with Crippen LogP contribution in [0.1, 0.15) is 40.4 Å². The van der Waals surface area contributed by atoms with E-state index < -0.39 is 5.91 Å². The lowest BCUT2D eigenvalue weighted by atomic mass is 9.89. The Balaban J connectivity index is 1.60. The summed E-state index contributed by atoms with van der Waals surface area (Å²) >= 11 is 0. The van der Waals surface area contributed by atoms with Crippen molar-refractivity contribution in [3.63, 3.8) is 0 Å². The second-order valence-corrected chi connectivity index (χ2v) is 7.40. The Morgan fingerprint density at radius 2 is 1.90 bits per heavy atom. The molecule has 4 N–H and O–H groups in total. The van der Waals surface area contributed by atoms with Gasteiger partial charge in [0.05, 0.1) is 5.69 Å². The van der Waals surface area contributed by atoms with Crippen molar-refractivity contribution in [2.75, 3.05) is 18.8 Å². The fourth-order valence-electron chi connectivity index (χ4n) is 3.93. The number of carbonyl (C=O) groups is 1. The predicted molar refractivity (Wildman–Crippen MR) is 112 cm³/mol. The van der Waals surface area contributed by atoms with Gasteiger partial charge in [0, 0.05) is 48.7 Å². The molecule has 7 heteroatoms. The normalized spacial score (nSPS) is 17.2. The number of hydrogen-bond donors (Lipinski definition) is 2. The number of carbonyl (C=O) groups excluding carboxylic acids is 1. The van der Waals surface area contributed by atoms with E-state index in [4.69, 9.17) is 11.5 Å². The van der Waals surface area contributed by atoms with E-state index in [2.05, 4.69) is 32.0 Å². The van der Waals surface area contributed by atoms with Gasteiger partial charge in [0.2, 0.25) is 11.9 Å². The van der Waals surface area contributed by atoms with Crippen molar-refractivity contribution in [1.29, 1.82) is 0 Å². The molecular weight excluding hydrogens is 364 g/mol. The maximum atomic E-state index is 11.4. The molecule has 3 heterocycles. The van der Waals surface area contributed by atoms with Crippen LogP contribution >= 0.6 is 0 Å². The third kappa shape index (κ3) is 4.41. The molecule has 1 atom stereocenters. The molecule has 1 aliphatic heterocycles. The van der Waals surface area contributed by atoms with Gasteiger partial charge >= 0.3 is 0 Å². The molecule has 1 amide bonds. The summed E-state index contributed by atoms with van der Waals surface area (Å²) < 4.78 is 0. The van der Waals surface area contributed by atoms with Gasteiger partial charge in [-0.25, -0.2) is 9.97 Å². The van der Waals surface area contributed by atoms with Crippen molar-refractivity contribution in [3.05, 3.63) is 71.8 Å².